The van der Waals surface area contributed by atoms with E-state index in [9.17, 15) is 9.59 Å². The molecule has 2 amide bonds. The molecule has 1 saturated carbocycles. The van der Waals surface area contributed by atoms with Gasteiger partial charge in [-0.05, 0) is 52.4 Å². The minimum absolute atomic E-state index is 0.0304. The average molecular weight is 293 g/mol. The van der Waals surface area contributed by atoms with Crippen LogP contribution in [0.3, 0.4) is 0 Å². The van der Waals surface area contributed by atoms with Crippen molar-refractivity contribution in [3.8, 4) is 0 Å². The molecule has 5 nitrogen and oxygen atoms in total. The van der Waals surface area contributed by atoms with Crippen molar-refractivity contribution in [1.82, 2.24) is 10.6 Å². The van der Waals surface area contributed by atoms with Gasteiger partial charge in [-0.1, -0.05) is 13.8 Å². The third-order valence-electron chi connectivity index (χ3n) is 2.82. The SMILES string of the molecule is CC(C)[C@H](NC(=O)OC(C)(C)C)C(=O)NC[C]1[CH][CH][CH][CH]1. The summed E-state index contributed by atoms with van der Waals surface area (Å²) < 4.78 is 5.19. The summed E-state index contributed by atoms with van der Waals surface area (Å²) in [5.41, 5.74) is -0.586. The summed E-state index contributed by atoms with van der Waals surface area (Å²) in [5, 5.41) is 5.46. The molecule has 0 spiro atoms. The maximum Gasteiger partial charge on any atom is 0.408 e. The summed E-state index contributed by atoms with van der Waals surface area (Å²) in [6, 6.07) is -0.616. The lowest BCUT2D eigenvalue weighted by Crippen LogP contribution is -2.51. The maximum absolute atomic E-state index is 12.2. The van der Waals surface area contributed by atoms with Crippen molar-refractivity contribution < 1.29 is 14.3 Å². The standard InChI is InChI=1S/C16H25N2O3/c1-11(2)13(18-15(20)21-16(3,4)5)14(19)17-10-12-8-6-7-9-12/h6-9,11,13H,10H2,1-5H3,(H,17,19)(H,18,20)/t13-/m0/s1. The lowest BCUT2D eigenvalue weighted by Gasteiger charge is -2.25. The van der Waals surface area contributed by atoms with Crippen LogP contribution in [0.1, 0.15) is 34.6 Å². The van der Waals surface area contributed by atoms with Gasteiger partial charge in [0.1, 0.15) is 11.6 Å². The molecule has 0 unspecified atom stereocenters. The van der Waals surface area contributed by atoms with Crippen LogP contribution < -0.4 is 10.6 Å². The van der Waals surface area contributed by atoms with Crippen molar-refractivity contribution >= 4 is 12.0 Å². The summed E-state index contributed by atoms with van der Waals surface area (Å²) >= 11 is 0. The Labute approximate surface area is 128 Å². The molecular weight excluding hydrogens is 268 g/mol. The van der Waals surface area contributed by atoms with Gasteiger partial charge < -0.3 is 15.4 Å². The first-order valence-corrected chi connectivity index (χ1v) is 7.17. The van der Waals surface area contributed by atoms with Gasteiger partial charge in [-0.3, -0.25) is 4.79 Å². The van der Waals surface area contributed by atoms with E-state index >= 15 is 0 Å². The van der Waals surface area contributed by atoms with E-state index < -0.39 is 17.7 Å². The van der Waals surface area contributed by atoms with Gasteiger partial charge >= 0.3 is 6.09 Å². The van der Waals surface area contributed by atoms with Crippen LogP contribution in [0.15, 0.2) is 0 Å². The molecule has 0 bridgehead atoms. The Bertz CT molecular complexity index is 355. The number of carbonyl (C=O) groups is 2. The number of alkyl carbamates (subject to hydrolysis) is 1. The topological polar surface area (TPSA) is 67.4 Å². The summed E-state index contributed by atoms with van der Waals surface area (Å²) in [7, 11) is 0. The van der Waals surface area contributed by atoms with E-state index in [1.165, 1.54) is 0 Å². The normalized spacial score (nSPS) is 17.6. The van der Waals surface area contributed by atoms with E-state index in [1.54, 1.807) is 20.8 Å². The van der Waals surface area contributed by atoms with Gasteiger partial charge in [0.2, 0.25) is 5.91 Å². The molecule has 5 radical (unpaired) electrons. The Morgan fingerprint density at radius 3 is 2.24 bits per heavy atom. The molecule has 1 atom stereocenters. The van der Waals surface area contributed by atoms with E-state index in [-0.39, 0.29) is 11.8 Å². The van der Waals surface area contributed by atoms with E-state index in [0.29, 0.717) is 6.54 Å². The van der Waals surface area contributed by atoms with Gasteiger partial charge in [-0.2, -0.15) is 0 Å². The molecule has 0 saturated heterocycles. The Hall–Kier alpha value is -1.26. The lowest BCUT2D eigenvalue weighted by atomic mass is 10.0. The maximum atomic E-state index is 12.2. The molecule has 0 aromatic heterocycles. The molecule has 1 rings (SSSR count). The fraction of sp³-hybridized carbons (Fsp3) is 0.562. The number of hydrogen-bond donors (Lipinski definition) is 2. The van der Waals surface area contributed by atoms with Crippen LogP contribution in [0.4, 0.5) is 4.79 Å². The predicted molar refractivity (Wildman–Crippen MR) is 81.4 cm³/mol. The first kappa shape index (κ1) is 17.8. The Kier molecular flexibility index (Phi) is 6.49. The largest absolute Gasteiger partial charge is 0.444 e. The van der Waals surface area contributed by atoms with Gasteiger partial charge in [0, 0.05) is 12.5 Å². The molecule has 2 N–H and O–H groups in total. The molecule has 0 aromatic carbocycles. The zero-order valence-corrected chi connectivity index (χ0v) is 13.4. The monoisotopic (exact) mass is 293 g/mol. The van der Waals surface area contributed by atoms with Crippen LogP contribution in [0, 0.1) is 37.5 Å². The van der Waals surface area contributed by atoms with Crippen molar-refractivity contribution in [2.24, 2.45) is 5.92 Å². The Balaban J connectivity index is 2.47. The highest BCUT2D eigenvalue weighted by atomic mass is 16.6. The number of ether oxygens (including phenoxy) is 1. The third kappa shape index (κ3) is 6.82. The van der Waals surface area contributed by atoms with Crippen LogP contribution in [0.2, 0.25) is 0 Å². The van der Waals surface area contributed by atoms with Crippen molar-refractivity contribution in [1.29, 1.82) is 0 Å². The van der Waals surface area contributed by atoms with Crippen LogP contribution in [-0.2, 0) is 9.53 Å². The van der Waals surface area contributed by atoms with Crippen LogP contribution in [0.5, 0.6) is 0 Å². The number of carbonyl (C=O) groups excluding carboxylic acids is 2. The molecular formula is C16H25N2O3. The van der Waals surface area contributed by atoms with Gasteiger partial charge in [0.15, 0.2) is 0 Å². The van der Waals surface area contributed by atoms with Gasteiger partial charge in [0.25, 0.3) is 0 Å². The van der Waals surface area contributed by atoms with Crippen LogP contribution in [0.25, 0.3) is 0 Å². The van der Waals surface area contributed by atoms with Crippen molar-refractivity contribution in [3.63, 3.8) is 0 Å². The quantitative estimate of drug-likeness (QED) is 0.815. The van der Waals surface area contributed by atoms with Gasteiger partial charge in [0.05, 0.1) is 0 Å². The Morgan fingerprint density at radius 2 is 1.76 bits per heavy atom. The molecule has 1 aliphatic rings. The molecule has 117 valence electrons. The number of amides is 2. The van der Waals surface area contributed by atoms with Crippen LogP contribution in [-0.4, -0.2) is 30.2 Å². The minimum Gasteiger partial charge on any atom is -0.444 e. The number of nitrogens with one attached hydrogen (secondary N) is 2. The molecule has 0 aromatic rings. The van der Waals surface area contributed by atoms with E-state index in [4.69, 9.17) is 4.74 Å². The summed E-state index contributed by atoms with van der Waals surface area (Å²) in [4.78, 5) is 24.0. The zero-order valence-electron chi connectivity index (χ0n) is 13.4. The van der Waals surface area contributed by atoms with Gasteiger partial charge in [-0.15, -0.1) is 0 Å². The summed E-state index contributed by atoms with van der Waals surface area (Å²) in [6.07, 6.45) is 7.13. The van der Waals surface area contributed by atoms with Crippen LogP contribution >= 0.6 is 0 Å². The Morgan fingerprint density at radius 1 is 1.19 bits per heavy atom. The molecule has 0 aliphatic heterocycles. The highest BCUT2D eigenvalue weighted by Gasteiger charge is 2.27. The molecule has 5 heteroatoms. The zero-order chi connectivity index (χ0) is 16.0. The average Bonchev–Trinajstić information content (AvgIpc) is 2.83. The van der Waals surface area contributed by atoms with Crippen molar-refractivity contribution in [2.45, 2.75) is 46.3 Å². The van der Waals surface area contributed by atoms with Crippen molar-refractivity contribution in [3.05, 3.63) is 31.6 Å². The van der Waals surface area contributed by atoms with Crippen molar-refractivity contribution in [2.75, 3.05) is 6.54 Å². The van der Waals surface area contributed by atoms with E-state index in [2.05, 4.69) is 10.6 Å². The highest BCUT2D eigenvalue weighted by molar-refractivity contribution is 5.86. The second-order valence-electron chi connectivity index (χ2n) is 6.38. The summed E-state index contributed by atoms with van der Waals surface area (Å²) in [6.45, 7) is 9.56. The minimum atomic E-state index is -0.616. The van der Waals surface area contributed by atoms with E-state index in [0.717, 1.165) is 5.92 Å². The smallest absolute Gasteiger partial charge is 0.408 e. The van der Waals surface area contributed by atoms with E-state index in [1.807, 2.05) is 39.5 Å². The fourth-order valence-corrected chi connectivity index (χ4v) is 1.80. The first-order valence-electron chi connectivity index (χ1n) is 7.17. The number of hydrogen-bond acceptors (Lipinski definition) is 3. The fourth-order valence-electron chi connectivity index (χ4n) is 1.80. The third-order valence-corrected chi connectivity index (χ3v) is 2.82. The summed E-state index contributed by atoms with van der Waals surface area (Å²) in [5.74, 6) is 0.789. The predicted octanol–water partition coefficient (Wildman–Crippen LogP) is 2.06. The molecule has 0 heterocycles. The van der Waals surface area contributed by atoms with Gasteiger partial charge in [-0.25, -0.2) is 4.79 Å². The highest BCUT2D eigenvalue weighted by Crippen LogP contribution is 2.21. The number of rotatable bonds is 5. The molecule has 1 fully saturated rings. The first-order chi connectivity index (χ1) is 9.69. The second-order valence-corrected chi connectivity index (χ2v) is 6.38. The molecule has 21 heavy (non-hydrogen) atoms. The molecule has 1 aliphatic carbocycles. The lowest BCUT2D eigenvalue weighted by molar-refractivity contribution is -0.124. The second kappa shape index (κ2) is 7.66.